The molecule has 0 spiro atoms. The Balaban J connectivity index is 1.44. The maximum absolute atomic E-state index is 12.9. The van der Waals surface area contributed by atoms with Crippen molar-refractivity contribution >= 4 is 49.7 Å². The van der Waals surface area contributed by atoms with Crippen LogP contribution in [-0.2, 0) is 4.74 Å². The summed E-state index contributed by atoms with van der Waals surface area (Å²) in [6.07, 6.45) is 2.80. The molecule has 0 aliphatic carbocycles. The quantitative estimate of drug-likeness (QED) is 0.516. The molecule has 4 heterocycles. The Bertz CT molecular complexity index is 1210. The van der Waals surface area contributed by atoms with Crippen LogP contribution in [0.25, 0.3) is 21.1 Å². The van der Waals surface area contributed by atoms with Crippen LogP contribution in [0.5, 0.6) is 0 Å². The first-order valence-corrected chi connectivity index (χ1v) is 10.5. The number of hydrogen-bond acceptors (Lipinski definition) is 5. The predicted octanol–water partition coefficient (Wildman–Crippen LogP) is 4.69. The highest BCUT2D eigenvalue weighted by molar-refractivity contribution is 7.21. The van der Waals surface area contributed by atoms with Crippen LogP contribution in [0.1, 0.15) is 21.8 Å². The van der Waals surface area contributed by atoms with Crippen molar-refractivity contribution in [2.75, 3.05) is 25.5 Å². The van der Waals surface area contributed by atoms with Crippen LogP contribution in [0.3, 0.4) is 0 Å². The normalized spacial score (nSPS) is 16.8. The molecule has 0 saturated carbocycles. The number of nitrogens with one attached hydrogen (secondary N) is 2. The fraction of sp³-hybridized carbons (Fsp3) is 0.273. The molecule has 29 heavy (non-hydrogen) atoms. The summed E-state index contributed by atoms with van der Waals surface area (Å²) in [6.45, 7) is 3.44. The number of nitrogens with zero attached hydrogens (tertiary/aromatic N) is 2. The number of aryl methyl sites for hydroxylation is 1. The Morgan fingerprint density at radius 3 is 3.03 bits per heavy atom. The SMILES string of the molecule is CO[C@@H]1CCN(C(=O)c2cc3nccc(Nc4ccc5[nH]c(C)cc5c4)c3s2)C1. The van der Waals surface area contributed by atoms with Gasteiger partial charge in [0.1, 0.15) is 0 Å². The van der Waals surface area contributed by atoms with Gasteiger partial charge in [0.25, 0.3) is 5.91 Å². The van der Waals surface area contributed by atoms with E-state index < -0.39 is 0 Å². The molecule has 0 radical (unpaired) electrons. The smallest absolute Gasteiger partial charge is 0.264 e. The predicted molar refractivity (Wildman–Crippen MR) is 117 cm³/mol. The Morgan fingerprint density at radius 2 is 2.21 bits per heavy atom. The lowest BCUT2D eigenvalue weighted by molar-refractivity contribution is 0.0728. The number of amides is 1. The van der Waals surface area contributed by atoms with E-state index in [1.165, 1.54) is 16.7 Å². The van der Waals surface area contributed by atoms with Crippen LogP contribution in [0.15, 0.2) is 42.6 Å². The van der Waals surface area contributed by atoms with Crippen molar-refractivity contribution in [3.05, 3.63) is 53.2 Å². The summed E-state index contributed by atoms with van der Waals surface area (Å²) in [4.78, 5) is 23.3. The van der Waals surface area contributed by atoms with E-state index >= 15 is 0 Å². The van der Waals surface area contributed by atoms with E-state index in [9.17, 15) is 4.79 Å². The van der Waals surface area contributed by atoms with Crippen molar-refractivity contribution in [1.82, 2.24) is 14.9 Å². The third-order valence-corrected chi connectivity index (χ3v) is 6.57. The number of methoxy groups -OCH3 is 1. The first-order chi connectivity index (χ1) is 14.1. The molecule has 1 atom stereocenters. The topological polar surface area (TPSA) is 70.2 Å². The minimum atomic E-state index is 0.0581. The Labute approximate surface area is 172 Å². The molecule has 4 aromatic rings. The van der Waals surface area contributed by atoms with E-state index in [0.717, 1.165) is 50.6 Å². The number of benzene rings is 1. The number of likely N-dealkylation sites (tertiary alicyclic amines) is 1. The largest absolute Gasteiger partial charge is 0.380 e. The number of fused-ring (bicyclic) bond motifs is 2. The highest BCUT2D eigenvalue weighted by Crippen LogP contribution is 2.34. The average molecular weight is 407 g/mol. The number of H-pyrrole nitrogens is 1. The number of thiophene rings is 1. The molecule has 5 rings (SSSR count). The van der Waals surface area contributed by atoms with Crippen LogP contribution in [0, 0.1) is 6.92 Å². The van der Waals surface area contributed by atoms with E-state index in [-0.39, 0.29) is 12.0 Å². The van der Waals surface area contributed by atoms with Gasteiger partial charge in [-0.15, -0.1) is 11.3 Å². The zero-order valence-electron chi connectivity index (χ0n) is 16.4. The Kier molecular flexibility index (Phi) is 4.49. The molecule has 1 aliphatic heterocycles. The minimum Gasteiger partial charge on any atom is -0.380 e. The lowest BCUT2D eigenvalue weighted by Gasteiger charge is -2.14. The second-order valence-corrected chi connectivity index (χ2v) is 8.51. The first-order valence-electron chi connectivity index (χ1n) is 9.68. The van der Waals surface area contributed by atoms with Crippen molar-refractivity contribution in [3.63, 3.8) is 0 Å². The third-order valence-electron chi connectivity index (χ3n) is 5.42. The molecular formula is C22H22N4O2S. The molecule has 7 heteroatoms. The highest BCUT2D eigenvalue weighted by Gasteiger charge is 2.28. The second-order valence-electron chi connectivity index (χ2n) is 7.46. The van der Waals surface area contributed by atoms with Gasteiger partial charge in [-0.2, -0.15) is 0 Å². The van der Waals surface area contributed by atoms with E-state index in [1.807, 2.05) is 17.0 Å². The zero-order chi connectivity index (χ0) is 20.0. The maximum atomic E-state index is 12.9. The van der Waals surface area contributed by atoms with E-state index in [1.54, 1.807) is 13.3 Å². The minimum absolute atomic E-state index is 0.0581. The second kappa shape index (κ2) is 7.17. The summed E-state index contributed by atoms with van der Waals surface area (Å²) in [5.41, 5.74) is 5.07. The average Bonchev–Trinajstić information content (AvgIpc) is 3.44. The third kappa shape index (κ3) is 3.36. The molecular weight excluding hydrogens is 384 g/mol. The van der Waals surface area contributed by atoms with Crippen LogP contribution in [0.4, 0.5) is 11.4 Å². The molecule has 1 aliphatic rings. The summed E-state index contributed by atoms with van der Waals surface area (Å²) >= 11 is 1.49. The zero-order valence-corrected chi connectivity index (χ0v) is 17.2. The number of carbonyl (C=O) groups excluding carboxylic acids is 1. The molecule has 1 amide bonds. The van der Waals surface area contributed by atoms with Crippen LogP contribution < -0.4 is 5.32 Å². The van der Waals surface area contributed by atoms with Gasteiger partial charge in [-0.1, -0.05) is 0 Å². The number of aromatic nitrogens is 2. The summed E-state index contributed by atoms with van der Waals surface area (Å²) < 4.78 is 6.38. The molecule has 2 N–H and O–H groups in total. The van der Waals surface area contributed by atoms with Gasteiger partial charge in [0, 0.05) is 48.7 Å². The van der Waals surface area contributed by atoms with E-state index in [4.69, 9.17) is 4.74 Å². The monoisotopic (exact) mass is 406 g/mol. The molecule has 0 unspecified atom stereocenters. The number of anilines is 2. The van der Waals surface area contributed by atoms with Gasteiger partial charge >= 0.3 is 0 Å². The fourth-order valence-electron chi connectivity index (χ4n) is 3.91. The van der Waals surface area contributed by atoms with E-state index in [0.29, 0.717) is 6.54 Å². The number of hydrogen-bond donors (Lipinski definition) is 2. The summed E-state index contributed by atoms with van der Waals surface area (Å²) in [7, 11) is 1.70. The summed E-state index contributed by atoms with van der Waals surface area (Å²) in [6, 6.07) is 12.2. The lowest BCUT2D eigenvalue weighted by Crippen LogP contribution is -2.29. The van der Waals surface area contributed by atoms with Gasteiger partial charge in [-0.05, 0) is 49.7 Å². The van der Waals surface area contributed by atoms with Crippen molar-refractivity contribution in [2.24, 2.45) is 0 Å². The maximum Gasteiger partial charge on any atom is 0.264 e. The van der Waals surface area contributed by atoms with Crippen LogP contribution in [-0.4, -0.2) is 47.1 Å². The number of aromatic amines is 1. The molecule has 0 bridgehead atoms. The number of rotatable bonds is 4. The number of pyridine rings is 1. The molecule has 1 saturated heterocycles. The van der Waals surface area contributed by atoms with Crippen LogP contribution in [0.2, 0.25) is 0 Å². The van der Waals surface area contributed by atoms with Gasteiger partial charge in [0.2, 0.25) is 0 Å². The first kappa shape index (κ1) is 18.1. The van der Waals surface area contributed by atoms with Gasteiger partial charge in [0.15, 0.2) is 0 Å². The van der Waals surface area contributed by atoms with Crippen LogP contribution >= 0.6 is 11.3 Å². The molecule has 1 fully saturated rings. The van der Waals surface area contributed by atoms with E-state index in [2.05, 4.69) is 46.5 Å². The standard InChI is InChI=1S/C22H22N4O2S/c1-13-9-14-10-15(3-4-17(14)24-13)25-18-5-7-23-19-11-20(29-21(18)19)22(27)26-8-6-16(12-26)28-2/h3-5,7,9-11,16,24H,6,8,12H2,1-2H3,(H,23,25)/t16-/m1/s1. The Hall–Kier alpha value is -2.90. The summed E-state index contributed by atoms with van der Waals surface area (Å²) in [5, 5.41) is 4.67. The molecule has 3 aromatic heterocycles. The van der Waals surface area contributed by atoms with Gasteiger partial charge in [0.05, 0.1) is 26.9 Å². The molecule has 6 nitrogen and oxygen atoms in total. The summed E-state index contributed by atoms with van der Waals surface area (Å²) in [5.74, 6) is 0.0581. The van der Waals surface area contributed by atoms with Gasteiger partial charge < -0.3 is 19.9 Å². The lowest BCUT2D eigenvalue weighted by atomic mass is 10.2. The van der Waals surface area contributed by atoms with Crippen molar-refractivity contribution in [3.8, 4) is 0 Å². The van der Waals surface area contributed by atoms with Crippen molar-refractivity contribution < 1.29 is 9.53 Å². The number of ether oxygens (including phenoxy) is 1. The van der Waals surface area contributed by atoms with Crippen molar-refractivity contribution in [2.45, 2.75) is 19.4 Å². The Morgan fingerprint density at radius 1 is 1.31 bits per heavy atom. The molecule has 1 aromatic carbocycles. The highest BCUT2D eigenvalue weighted by atomic mass is 32.1. The van der Waals surface area contributed by atoms with Gasteiger partial charge in [-0.25, -0.2) is 0 Å². The molecule has 148 valence electrons. The van der Waals surface area contributed by atoms with Crippen molar-refractivity contribution in [1.29, 1.82) is 0 Å². The van der Waals surface area contributed by atoms with Gasteiger partial charge in [-0.3, -0.25) is 9.78 Å². The fourth-order valence-corrected chi connectivity index (χ4v) is 4.97. The number of carbonyl (C=O) groups is 1.